The van der Waals surface area contributed by atoms with Crippen LogP contribution in [-0.4, -0.2) is 63.4 Å². The molecule has 0 fully saturated rings. The van der Waals surface area contributed by atoms with E-state index in [9.17, 15) is 14.4 Å². The van der Waals surface area contributed by atoms with Crippen LogP contribution in [0.5, 0.6) is 0 Å². The van der Waals surface area contributed by atoms with Crippen molar-refractivity contribution < 1.29 is 23.9 Å². The van der Waals surface area contributed by atoms with Gasteiger partial charge in [-0.3, -0.25) is 14.0 Å². The molecule has 3 aromatic heterocycles. The third-order valence-electron chi connectivity index (χ3n) is 4.68. The van der Waals surface area contributed by atoms with E-state index in [4.69, 9.17) is 15.2 Å². The minimum atomic E-state index is -0.691. The Morgan fingerprint density at radius 1 is 1.27 bits per heavy atom. The van der Waals surface area contributed by atoms with Crippen LogP contribution in [0.15, 0.2) is 29.4 Å². The monoisotopic (exact) mass is 488 g/mol. The molecular weight excluding hydrogens is 468 g/mol. The van der Waals surface area contributed by atoms with Crippen molar-refractivity contribution in [2.75, 3.05) is 31.4 Å². The van der Waals surface area contributed by atoms with Crippen molar-refractivity contribution in [2.24, 2.45) is 5.73 Å². The Hall–Kier alpha value is -3.42. The summed E-state index contributed by atoms with van der Waals surface area (Å²) in [4.78, 5) is 41.6. The Kier molecular flexibility index (Phi) is 6.62. The largest absolute Gasteiger partial charge is 0.460 e. The number of thioether (sulfide) groups is 1. The van der Waals surface area contributed by atoms with Gasteiger partial charge in [0.1, 0.15) is 11.6 Å². The molecule has 0 radical (unpaired) electrons. The second kappa shape index (κ2) is 9.60. The molecule has 4 aromatic rings. The summed E-state index contributed by atoms with van der Waals surface area (Å²) in [5.74, 6) is -1.17. The van der Waals surface area contributed by atoms with Gasteiger partial charge < -0.3 is 20.5 Å². The number of hydrogen-bond donors (Lipinski definition) is 3. The number of amides is 2. The Labute approximate surface area is 195 Å². The number of hydrogen-bond acceptors (Lipinski definition) is 9. The van der Waals surface area contributed by atoms with Crippen molar-refractivity contribution in [1.82, 2.24) is 19.6 Å². The molecule has 4 rings (SSSR count). The number of aromatic amines is 1. The maximum Gasteiger partial charge on any atom is 0.341 e. The zero-order valence-corrected chi connectivity index (χ0v) is 19.3. The molecule has 172 valence electrons. The van der Waals surface area contributed by atoms with Crippen LogP contribution in [0, 0.1) is 6.92 Å². The number of carbonyl (C=O) groups excluding carboxylic acids is 3. The molecule has 0 aliphatic carbocycles. The third-order valence-corrected chi connectivity index (χ3v) is 6.84. The van der Waals surface area contributed by atoms with E-state index in [-0.39, 0.29) is 40.3 Å². The topological polar surface area (TPSA) is 154 Å². The first-order valence-corrected chi connectivity index (χ1v) is 11.5. The van der Waals surface area contributed by atoms with E-state index in [1.165, 1.54) is 18.9 Å². The summed E-state index contributed by atoms with van der Waals surface area (Å²) in [7, 11) is 1.48. The van der Waals surface area contributed by atoms with Gasteiger partial charge in [0.15, 0.2) is 5.16 Å². The number of primary amides is 1. The molecule has 3 heterocycles. The molecule has 2 amide bonds. The van der Waals surface area contributed by atoms with Crippen LogP contribution in [0.1, 0.15) is 25.6 Å². The summed E-state index contributed by atoms with van der Waals surface area (Å²) in [5, 5.41) is 10.5. The highest BCUT2D eigenvalue weighted by Gasteiger charge is 2.26. The SMILES string of the molecule is COCCOC(=O)c1c(NC(=O)CSc2n[nH]c3nc4ccccc4n23)sc(C(N)=O)c1C. The van der Waals surface area contributed by atoms with Crippen LogP contribution in [0.4, 0.5) is 5.00 Å². The number of carbonyl (C=O) groups is 3. The molecular formula is C20H20N6O5S2. The van der Waals surface area contributed by atoms with Crippen molar-refractivity contribution in [3.05, 3.63) is 40.3 Å². The molecule has 0 spiro atoms. The van der Waals surface area contributed by atoms with Gasteiger partial charge in [0.05, 0.1) is 33.8 Å². The molecule has 13 heteroatoms. The fourth-order valence-corrected chi connectivity index (χ4v) is 5.02. The van der Waals surface area contributed by atoms with E-state index in [1.807, 2.05) is 28.7 Å². The minimum Gasteiger partial charge on any atom is -0.460 e. The predicted molar refractivity (Wildman–Crippen MR) is 124 cm³/mol. The number of anilines is 1. The minimum absolute atomic E-state index is 0.00742. The molecule has 1 aromatic carbocycles. The van der Waals surface area contributed by atoms with Crippen LogP contribution >= 0.6 is 23.1 Å². The third kappa shape index (κ3) is 4.55. The number of methoxy groups -OCH3 is 1. The summed E-state index contributed by atoms with van der Waals surface area (Å²) in [6.45, 7) is 1.84. The average Bonchev–Trinajstić information content (AvgIpc) is 3.44. The number of benzene rings is 1. The first-order chi connectivity index (χ1) is 15.9. The lowest BCUT2D eigenvalue weighted by molar-refractivity contribution is -0.113. The van der Waals surface area contributed by atoms with Crippen LogP contribution < -0.4 is 11.1 Å². The molecule has 0 saturated carbocycles. The fraction of sp³-hybridized carbons (Fsp3) is 0.250. The Balaban J connectivity index is 1.51. The Bertz CT molecular complexity index is 1360. The molecule has 0 atom stereocenters. The first kappa shape index (κ1) is 22.8. The number of nitrogens with one attached hydrogen (secondary N) is 2. The standard InChI is InChI=1S/C20H20N6O5S2/c1-10-14(18(29)31-8-7-30-2)17(33-15(10)16(21)28)23-13(27)9-32-20-25-24-19-22-11-5-3-4-6-12(11)26(19)20/h3-6H,7-9H2,1-2H3,(H2,21,28)(H,22,24)(H,23,27). The van der Waals surface area contributed by atoms with Crippen molar-refractivity contribution in [1.29, 1.82) is 0 Å². The number of ether oxygens (including phenoxy) is 2. The van der Waals surface area contributed by atoms with Gasteiger partial charge in [-0.25, -0.2) is 14.9 Å². The van der Waals surface area contributed by atoms with Gasteiger partial charge in [0.2, 0.25) is 11.7 Å². The van der Waals surface area contributed by atoms with Gasteiger partial charge in [-0.15, -0.1) is 16.4 Å². The zero-order chi connectivity index (χ0) is 23.5. The molecule has 0 saturated heterocycles. The van der Waals surface area contributed by atoms with Gasteiger partial charge in [-0.1, -0.05) is 23.9 Å². The van der Waals surface area contributed by atoms with Crippen molar-refractivity contribution in [3.8, 4) is 0 Å². The summed E-state index contributed by atoms with van der Waals surface area (Å²) < 4.78 is 11.9. The Morgan fingerprint density at radius 3 is 2.82 bits per heavy atom. The number of thiophene rings is 1. The molecule has 0 bridgehead atoms. The lowest BCUT2D eigenvalue weighted by Gasteiger charge is -2.08. The van der Waals surface area contributed by atoms with Gasteiger partial charge in [0, 0.05) is 7.11 Å². The van der Waals surface area contributed by atoms with Crippen molar-refractivity contribution in [2.45, 2.75) is 12.1 Å². The van der Waals surface area contributed by atoms with Gasteiger partial charge in [-0.2, -0.15) is 0 Å². The van der Waals surface area contributed by atoms with Crippen molar-refractivity contribution in [3.63, 3.8) is 0 Å². The van der Waals surface area contributed by atoms with Crippen LogP contribution in [0.3, 0.4) is 0 Å². The maximum absolute atomic E-state index is 12.7. The second-order valence-corrected chi connectivity index (χ2v) is 8.82. The molecule has 33 heavy (non-hydrogen) atoms. The number of nitrogens with zero attached hydrogens (tertiary/aromatic N) is 3. The molecule has 0 unspecified atom stereocenters. The van der Waals surface area contributed by atoms with Gasteiger partial charge in [0.25, 0.3) is 5.91 Å². The second-order valence-electron chi connectivity index (χ2n) is 6.86. The summed E-state index contributed by atoms with van der Waals surface area (Å²) in [6.07, 6.45) is 0. The zero-order valence-electron chi connectivity index (χ0n) is 17.7. The molecule has 0 aliphatic heterocycles. The van der Waals surface area contributed by atoms with Crippen molar-refractivity contribution >= 4 is 62.7 Å². The lowest BCUT2D eigenvalue weighted by atomic mass is 10.1. The highest BCUT2D eigenvalue weighted by atomic mass is 32.2. The fourth-order valence-electron chi connectivity index (χ4n) is 3.20. The highest BCUT2D eigenvalue weighted by Crippen LogP contribution is 2.34. The number of esters is 1. The molecule has 11 nitrogen and oxygen atoms in total. The van der Waals surface area contributed by atoms with Crippen LogP contribution in [-0.2, 0) is 14.3 Å². The smallest absolute Gasteiger partial charge is 0.341 e. The summed E-state index contributed by atoms with van der Waals surface area (Å²) in [5.41, 5.74) is 7.56. The number of imidazole rings is 1. The van der Waals surface area contributed by atoms with E-state index in [0.717, 1.165) is 22.4 Å². The lowest BCUT2D eigenvalue weighted by Crippen LogP contribution is -2.17. The molecule has 4 N–H and O–H groups in total. The number of fused-ring (bicyclic) bond motifs is 3. The number of para-hydroxylation sites is 2. The van der Waals surface area contributed by atoms with E-state index < -0.39 is 11.9 Å². The number of H-pyrrole nitrogens is 1. The van der Waals surface area contributed by atoms with Gasteiger partial charge >= 0.3 is 5.97 Å². The summed E-state index contributed by atoms with van der Waals surface area (Å²) in [6, 6.07) is 7.59. The first-order valence-electron chi connectivity index (χ1n) is 9.74. The van der Waals surface area contributed by atoms with Gasteiger partial charge in [-0.05, 0) is 24.6 Å². The predicted octanol–water partition coefficient (Wildman–Crippen LogP) is 2.21. The molecule has 0 aliphatic rings. The number of rotatable bonds is 9. The van der Waals surface area contributed by atoms with E-state index in [1.54, 1.807) is 6.92 Å². The maximum atomic E-state index is 12.7. The quantitative estimate of drug-likeness (QED) is 0.184. The van der Waals surface area contributed by atoms with Crippen LogP contribution in [0.25, 0.3) is 16.8 Å². The highest BCUT2D eigenvalue weighted by molar-refractivity contribution is 7.99. The van der Waals surface area contributed by atoms with E-state index >= 15 is 0 Å². The van der Waals surface area contributed by atoms with E-state index in [0.29, 0.717) is 16.5 Å². The van der Waals surface area contributed by atoms with E-state index in [2.05, 4.69) is 20.5 Å². The Morgan fingerprint density at radius 2 is 2.06 bits per heavy atom. The number of aromatic nitrogens is 4. The number of nitrogens with two attached hydrogens (primary N) is 1. The summed E-state index contributed by atoms with van der Waals surface area (Å²) >= 11 is 2.14. The average molecular weight is 489 g/mol. The van der Waals surface area contributed by atoms with Crippen LogP contribution in [0.2, 0.25) is 0 Å². The normalized spacial score (nSPS) is 11.2.